The molecule has 0 unspecified atom stereocenters. The topological polar surface area (TPSA) is 52.4 Å². The first kappa shape index (κ1) is 19.5. The summed E-state index contributed by atoms with van der Waals surface area (Å²) in [5.74, 6) is 1.01. The lowest BCUT2D eigenvalue weighted by molar-refractivity contribution is 0.0484. The highest BCUT2D eigenvalue weighted by atomic mass is 16.5. The van der Waals surface area contributed by atoms with Gasteiger partial charge in [-0.1, -0.05) is 30.3 Å². The second kappa shape index (κ2) is 8.17. The molecule has 1 aromatic carbocycles. The van der Waals surface area contributed by atoms with Crippen molar-refractivity contribution in [2.24, 2.45) is 0 Å². The first-order valence-corrected chi connectivity index (χ1v) is 9.11. The van der Waals surface area contributed by atoms with Crippen molar-refractivity contribution in [1.29, 1.82) is 0 Å². The van der Waals surface area contributed by atoms with Crippen LogP contribution in [0.25, 0.3) is 5.69 Å². The van der Waals surface area contributed by atoms with Crippen LogP contribution in [0.15, 0.2) is 73.5 Å². The molecular formula is C22H26N4O2. The van der Waals surface area contributed by atoms with E-state index in [0.717, 1.165) is 16.9 Å². The summed E-state index contributed by atoms with van der Waals surface area (Å²) in [7, 11) is 1.60. The number of pyridine rings is 1. The van der Waals surface area contributed by atoms with Gasteiger partial charge in [0.05, 0.1) is 31.7 Å². The molecule has 0 spiro atoms. The summed E-state index contributed by atoms with van der Waals surface area (Å²) < 4.78 is 13.4. The van der Waals surface area contributed by atoms with Gasteiger partial charge in [-0.3, -0.25) is 4.98 Å². The smallest absolute Gasteiger partial charge is 0.257 e. The Balaban J connectivity index is 2.01. The van der Waals surface area contributed by atoms with Crippen molar-refractivity contribution in [2.75, 3.05) is 12.0 Å². The Labute approximate surface area is 166 Å². The fraction of sp³-hybridized carbons (Fsp3) is 0.273. The van der Waals surface area contributed by atoms with Crippen LogP contribution in [0.1, 0.15) is 26.3 Å². The molecule has 0 saturated heterocycles. The number of hydrogen-bond donors (Lipinski definition) is 0. The lowest BCUT2D eigenvalue weighted by atomic mass is 10.2. The molecule has 2 heterocycles. The van der Waals surface area contributed by atoms with Crippen molar-refractivity contribution in [3.8, 4) is 11.6 Å². The van der Waals surface area contributed by atoms with E-state index in [4.69, 9.17) is 9.47 Å². The van der Waals surface area contributed by atoms with Crippen molar-refractivity contribution >= 4 is 5.69 Å². The third-order valence-corrected chi connectivity index (χ3v) is 3.97. The maximum Gasteiger partial charge on any atom is 0.257 e. The van der Waals surface area contributed by atoms with Crippen LogP contribution in [0.3, 0.4) is 0 Å². The highest BCUT2D eigenvalue weighted by Crippen LogP contribution is 2.33. The van der Waals surface area contributed by atoms with Crippen molar-refractivity contribution in [3.05, 3.63) is 79.1 Å². The minimum absolute atomic E-state index is 0.376. The summed E-state index contributed by atoms with van der Waals surface area (Å²) in [5.41, 5.74) is 2.36. The van der Waals surface area contributed by atoms with Crippen molar-refractivity contribution in [3.63, 3.8) is 0 Å². The van der Waals surface area contributed by atoms with Crippen LogP contribution in [0.5, 0.6) is 5.88 Å². The number of anilines is 1. The van der Waals surface area contributed by atoms with Crippen molar-refractivity contribution in [2.45, 2.75) is 32.9 Å². The molecular weight excluding hydrogens is 352 g/mol. The highest BCUT2D eigenvalue weighted by Gasteiger charge is 2.24. The maximum atomic E-state index is 6.07. The zero-order chi connectivity index (χ0) is 20.1. The molecule has 6 heteroatoms. The van der Waals surface area contributed by atoms with E-state index >= 15 is 0 Å². The fourth-order valence-electron chi connectivity index (χ4n) is 2.78. The van der Waals surface area contributed by atoms with Crippen LogP contribution in [0, 0.1) is 0 Å². The third kappa shape index (κ3) is 4.71. The summed E-state index contributed by atoms with van der Waals surface area (Å²) in [6, 6.07) is 14.0. The molecule has 0 aliphatic carbocycles. The highest BCUT2D eigenvalue weighted by molar-refractivity contribution is 5.59. The van der Waals surface area contributed by atoms with E-state index in [0.29, 0.717) is 18.3 Å². The minimum atomic E-state index is -0.376. The maximum absolute atomic E-state index is 6.07. The average Bonchev–Trinajstić information content (AvgIpc) is 3.10. The molecule has 0 radical (unpaired) electrons. The number of ether oxygens (including phenoxy) is 2. The number of rotatable bonds is 7. The SMILES string of the molecule is C=C(OC(C)(C)C)N(Cc1ccccc1)c1cn(-c2cccnc2)nc1OC. The van der Waals surface area contributed by atoms with Gasteiger partial charge in [-0.25, -0.2) is 4.68 Å². The van der Waals surface area contributed by atoms with E-state index in [2.05, 4.69) is 28.8 Å². The van der Waals surface area contributed by atoms with E-state index in [1.807, 2.05) is 62.2 Å². The second-order valence-corrected chi connectivity index (χ2v) is 7.36. The Hall–Kier alpha value is -3.28. The molecule has 3 aromatic rings. The number of methoxy groups -OCH3 is 1. The molecule has 146 valence electrons. The van der Waals surface area contributed by atoms with Crippen LogP contribution in [0.4, 0.5) is 5.69 Å². The summed E-state index contributed by atoms with van der Waals surface area (Å²) in [6.45, 7) is 10.7. The van der Waals surface area contributed by atoms with E-state index < -0.39 is 0 Å². The molecule has 6 nitrogen and oxygen atoms in total. The Morgan fingerprint density at radius 3 is 2.50 bits per heavy atom. The molecule has 28 heavy (non-hydrogen) atoms. The molecule has 0 bridgehead atoms. The van der Waals surface area contributed by atoms with Gasteiger partial charge in [0.1, 0.15) is 11.3 Å². The predicted molar refractivity (Wildman–Crippen MR) is 111 cm³/mol. The Morgan fingerprint density at radius 2 is 1.89 bits per heavy atom. The van der Waals surface area contributed by atoms with Crippen LogP contribution in [-0.4, -0.2) is 27.5 Å². The summed E-state index contributed by atoms with van der Waals surface area (Å²) in [4.78, 5) is 6.14. The number of hydrogen-bond acceptors (Lipinski definition) is 5. The predicted octanol–water partition coefficient (Wildman–Crippen LogP) is 4.57. The largest absolute Gasteiger partial charge is 0.478 e. The van der Waals surface area contributed by atoms with Gasteiger partial charge in [0.25, 0.3) is 5.88 Å². The molecule has 2 aromatic heterocycles. The fourth-order valence-corrected chi connectivity index (χ4v) is 2.78. The number of aromatic nitrogens is 3. The van der Waals surface area contributed by atoms with Gasteiger partial charge in [0.15, 0.2) is 5.88 Å². The quantitative estimate of drug-likeness (QED) is 0.564. The third-order valence-electron chi connectivity index (χ3n) is 3.97. The zero-order valence-electron chi connectivity index (χ0n) is 16.8. The monoisotopic (exact) mass is 378 g/mol. The van der Waals surface area contributed by atoms with E-state index in [1.165, 1.54) is 0 Å². The van der Waals surface area contributed by atoms with E-state index in [1.54, 1.807) is 24.2 Å². The van der Waals surface area contributed by atoms with Gasteiger partial charge < -0.3 is 14.4 Å². The average molecular weight is 378 g/mol. The van der Waals surface area contributed by atoms with Crippen LogP contribution < -0.4 is 9.64 Å². The summed E-state index contributed by atoms with van der Waals surface area (Å²) in [6.07, 6.45) is 5.38. The molecule has 0 N–H and O–H groups in total. The normalized spacial score (nSPS) is 11.1. The first-order valence-electron chi connectivity index (χ1n) is 9.11. The van der Waals surface area contributed by atoms with Crippen LogP contribution in [0.2, 0.25) is 0 Å². The molecule has 0 atom stereocenters. The number of benzene rings is 1. The van der Waals surface area contributed by atoms with Gasteiger partial charge >= 0.3 is 0 Å². The van der Waals surface area contributed by atoms with Crippen molar-refractivity contribution in [1.82, 2.24) is 14.8 Å². The Bertz CT molecular complexity index is 915. The molecule has 0 amide bonds. The number of nitrogens with zero attached hydrogens (tertiary/aromatic N) is 4. The van der Waals surface area contributed by atoms with Crippen molar-refractivity contribution < 1.29 is 9.47 Å². The van der Waals surface area contributed by atoms with Gasteiger partial charge in [-0.05, 0) is 45.0 Å². The Morgan fingerprint density at radius 1 is 1.14 bits per heavy atom. The van der Waals surface area contributed by atoms with E-state index in [9.17, 15) is 0 Å². The second-order valence-electron chi connectivity index (χ2n) is 7.36. The molecule has 0 fully saturated rings. The standard InChI is InChI=1S/C22H26N4O2/c1-17(28-22(2,3)4)25(15-18-10-7-6-8-11-18)20-16-26(24-21(20)27-5)19-12-9-13-23-14-19/h6-14,16H,1,15H2,2-5H3. The molecule has 0 aliphatic rings. The van der Waals surface area contributed by atoms with Crippen LogP contribution in [-0.2, 0) is 11.3 Å². The summed E-state index contributed by atoms with van der Waals surface area (Å²) in [5, 5.41) is 4.56. The zero-order valence-corrected chi connectivity index (χ0v) is 16.8. The van der Waals surface area contributed by atoms with Crippen LogP contribution >= 0.6 is 0 Å². The summed E-state index contributed by atoms with van der Waals surface area (Å²) >= 11 is 0. The lowest BCUT2D eigenvalue weighted by Gasteiger charge is -2.31. The molecule has 0 aliphatic heterocycles. The van der Waals surface area contributed by atoms with Gasteiger partial charge in [-0.2, -0.15) is 0 Å². The lowest BCUT2D eigenvalue weighted by Crippen LogP contribution is -2.29. The first-order chi connectivity index (χ1) is 13.4. The Kier molecular flexibility index (Phi) is 5.68. The van der Waals surface area contributed by atoms with Gasteiger partial charge in [0.2, 0.25) is 0 Å². The van der Waals surface area contributed by atoms with Gasteiger partial charge in [-0.15, -0.1) is 5.10 Å². The van der Waals surface area contributed by atoms with E-state index in [-0.39, 0.29) is 5.60 Å². The van der Waals surface area contributed by atoms with Gasteiger partial charge in [0, 0.05) is 6.20 Å². The molecule has 3 rings (SSSR count). The minimum Gasteiger partial charge on any atom is -0.478 e. The molecule has 0 saturated carbocycles.